The summed E-state index contributed by atoms with van der Waals surface area (Å²) in [4.78, 5) is 11.9. The Bertz CT molecular complexity index is 504. The Morgan fingerprint density at radius 3 is 2.60 bits per heavy atom. The Hall–Kier alpha value is -2.32. The van der Waals surface area contributed by atoms with Crippen LogP contribution in [0, 0.1) is 11.3 Å². The molecule has 0 aliphatic heterocycles. The van der Waals surface area contributed by atoms with Crippen molar-refractivity contribution >= 4 is 5.91 Å². The molecule has 0 aromatic heterocycles. The Kier molecular flexibility index (Phi) is 6.27. The molecule has 3 N–H and O–H groups in total. The number of rotatable bonds is 6. The summed E-state index contributed by atoms with van der Waals surface area (Å²) in [6.07, 6.45) is 0.775. The number of benzene rings is 1. The van der Waals surface area contributed by atoms with Crippen LogP contribution in [-0.4, -0.2) is 23.7 Å². The van der Waals surface area contributed by atoms with E-state index >= 15 is 0 Å². The highest BCUT2D eigenvalue weighted by Crippen LogP contribution is 2.11. The van der Waals surface area contributed by atoms with Crippen molar-refractivity contribution in [1.29, 1.82) is 5.26 Å². The molecule has 0 fully saturated rings. The first-order valence-electron chi connectivity index (χ1n) is 6.42. The second-order valence-corrected chi connectivity index (χ2v) is 4.53. The van der Waals surface area contributed by atoms with Crippen molar-refractivity contribution in [3.8, 4) is 6.07 Å². The van der Waals surface area contributed by atoms with Crippen molar-refractivity contribution in [1.82, 2.24) is 10.6 Å². The first-order chi connectivity index (χ1) is 9.54. The van der Waals surface area contributed by atoms with Gasteiger partial charge in [-0.2, -0.15) is 5.26 Å². The predicted octanol–water partition coefficient (Wildman–Crippen LogP) is 1.24. The fraction of sp³-hybridized carbons (Fsp3) is 0.333. The molecule has 0 spiro atoms. The van der Waals surface area contributed by atoms with Gasteiger partial charge in [0.2, 0.25) is 0 Å². The number of aliphatic hydroxyl groups is 1. The number of carbonyl (C=O) groups is 1. The summed E-state index contributed by atoms with van der Waals surface area (Å²) in [6, 6.07) is 11.2. The van der Waals surface area contributed by atoms with E-state index in [4.69, 9.17) is 10.4 Å². The lowest BCUT2D eigenvalue weighted by atomic mass is 10.1. The van der Waals surface area contributed by atoms with Gasteiger partial charge in [0.1, 0.15) is 11.6 Å². The average Bonchev–Trinajstić information content (AvgIpc) is 2.44. The molecule has 0 bridgehead atoms. The van der Waals surface area contributed by atoms with Crippen molar-refractivity contribution in [2.45, 2.75) is 26.0 Å². The minimum Gasteiger partial charge on any atom is -0.392 e. The highest BCUT2D eigenvalue weighted by molar-refractivity contribution is 5.97. The number of nitrogens with one attached hydrogen (secondary N) is 2. The zero-order chi connectivity index (χ0) is 15.0. The van der Waals surface area contributed by atoms with E-state index in [1.54, 1.807) is 6.92 Å². The first-order valence-corrected chi connectivity index (χ1v) is 6.42. The lowest BCUT2D eigenvalue weighted by Gasteiger charge is -2.14. The van der Waals surface area contributed by atoms with Gasteiger partial charge in [-0.05, 0) is 19.4 Å². The van der Waals surface area contributed by atoms with E-state index in [-0.39, 0.29) is 18.2 Å². The van der Waals surface area contributed by atoms with Gasteiger partial charge in [-0.15, -0.1) is 0 Å². The lowest BCUT2D eigenvalue weighted by Crippen LogP contribution is -2.29. The third-order valence-corrected chi connectivity index (χ3v) is 2.67. The predicted molar refractivity (Wildman–Crippen MR) is 76.4 cm³/mol. The number of nitriles is 1. The van der Waals surface area contributed by atoms with E-state index in [2.05, 4.69) is 10.6 Å². The molecule has 0 radical (unpaired) electrons. The molecular weight excluding hydrogens is 254 g/mol. The molecule has 0 aliphatic rings. The summed E-state index contributed by atoms with van der Waals surface area (Å²) < 4.78 is 0. The lowest BCUT2D eigenvalue weighted by molar-refractivity contribution is -0.117. The van der Waals surface area contributed by atoms with Gasteiger partial charge in [0.25, 0.3) is 5.91 Å². The summed E-state index contributed by atoms with van der Waals surface area (Å²) in [7, 11) is 0. The summed E-state index contributed by atoms with van der Waals surface area (Å²) in [6.45, 7) is 3.75. The molecule has 0 saturated carbocycles. The molecule has 0 heterocycles. The number of hydrogen-bond donors (Lipinski definition) is 3. The van der Waals surface area contributed by atoms with Crippen LogP contribution < -0.4 is 10.6 Å². The first kappa shape index (κ1) is 15.7. The molecule has 0 aliphatic carbocycles. The molecule has 1 rings (SSSR count). The van der Waals surface area contributed by atoms with E-state index in [0.29, 0.717) is 0 Å². The van der Waals surface area contributed by atoms with Crippen molar-refractivity contribution < 1.29 is 9.90 Å². The van der Waals surface area contributed by atoms with Crippen molar-refractivity contribution in [2.75, 3.05) is 6.54 Å². The van der Waals surface area contributed by atoms with Crippen molar-refractivity contribution in [3.63, 3.8) is 0 Å². The molecule has 5 heteroatoms. The van der Waals surface area contributed by atoms with Gasteiger partial charge in [0.15, 0.2) is 0 Å². The van der Waals surface area contributed by atoms with Crippen LogP contribution >= 0.6 is 0 Å². The SMILES string of the molecule is CC(O)CN/C=C(/C#N)C(=O)NC(C)c1ccccc1. The Morgan fingerprint density at radius 1 is 1.40 bits per heavy atom. The molecule has 20 heavy (non-hydrogen) atoms. The second kappa shape index (κ2) is 7.97. The minimum atomic E-state index is -0.544. The zero-order valence-electron chi connectivity index (χ0n) is 11.6. The van der Waals surface area contributed by atoms with Crippen LogP contribution in [0.5, 0.6) is 0 Å². The molecular formula is C15H19N3O2. The monoisotopic (exact) mass is 273 g/mol. The summed E-state index contributed by atoms with van der Waals surface area (Å²) in [5.41, 5.74) is 0.948. The Balaban J connectivity index is 2.62. The number of amides is 1. The molecule has 1 aromatic carbocycles. The van der Waals surface area contributed by atoms with Crippen LogP contribution in [0.15, 0.2) is 42.1 Å². The van der Waals surface area contributed by atoms with E-state index in [1.807, 2.05) is 43.3 Å². The highest BCUT2D eigenvalue weighted by Gasteiger charge is 2.13. The molecule has 2 atom stereocenters. The fourth-order valence-corrected chi connectivity index (χ4v) is 1.58. The summed E-state index contributed by atoms with van der Waals surface area (Å²) >= 11 is 0. The largest absolute Gasteiger partial charge is 0.392 e. The van der Waals surface area contributed by atoms with E-state index in [9.17, 15) is 4.79 Å². The van der Waals surface area contributed by atoms with Crippen LogP contribution in [0.2, 0.25) is 0 Å². The van der Waals surface area contributed by atoms with Crippen LogP contribution in [0.3, 0.4) is 0 Å². The topological polar surface area (TPSA) is 85.2 Å². The maximum absolute atomic E-state index is 11.9. The smallest absolute Gasteiger partial charge is 0.263 e. The number of hydrogen-bond acceptors (Lipinski definition) is 4. The molecule has 1 aromatic rings. The maximum atomic E-state index is 11.9. The standard InChI is InChI=1S/C15H19N3O2/c1-11(19)9-17-10-14(8-16)15(20)18-12(2)13-6-4-3-5-7-13/h3-7,10-12,17,19H,9H2,1-2H3,(H,18,20)/b14-10-. The third-order valence-electron chi connectivity index (χ3n) is 2.67. The van der Waals surface area contributed by atoms with E-state index in [1.165, 1.54) is 6.20 Å². The third kappa shape index (κ3) is 5.12. The van der Waals surface area contributed by atoms with Crippen LogP contribution in [0.4, 0.5) is 0 Å². The fourth-order valence-electron chi connectivity index (χ4n) is 1.58. The summed E-state index contributed by atoms with van der Waals surface area (Å²) in [5, 5.41) is 23.5. The van der Waals surface area contributed by atoms with Crippen LogP contribution in [0.25, 0.3) is 0 Å². The Labute approximate surface area is 118 Å². The van der Waals surface area contributed by atoms with Crippen LogP contribution in [0.1, 0.15) is 25.5 Å². The zero-order valence-corrected chi connectivity index (χ0v) is 11.6. The van der Waals surface area contributed by atoms with Gasteiger partial charge in [-0.3, -0.25) is 4.79 Å². The number of carbonyl (C=O) groups excluding carboxylic acids is 1. The van der Waals surface area contributed by atoms with Gasteiger partial charge in [0, 0.05) is 12.7 Å². The highest BCUT2D eigenvalue weighted by atomic mass is 16.3. The minimum absolute atomic E-state index is 0.0200. The normalized spacial score (nSPS) is 14.0. The molecule has 1 amide bonds. The molecule has 2 unspecified atom stereocenters. The van der Waals surface area contributed by atoms with Crippen molar-refractivity contribution in [2.24, 2.45) is 0 Å². The quantitative estimate of drug-likeness (QED) is 0.538. The second-order valence-electron chi connectivity index (χ2n) is 4.53. The van der Waals surface area contributed by atoms with Gasteiger partial charge in [0.05, 0.1) is 12.1 Å². The van der Waals surface area contributed by atoms with Crippen LogP contribution in [-0.2, 0) is 4.79 Å². The molecule has 0 saturated heterocycles. The number of aliphatic hydroxyl groups excluding tert-OH is 1. The van der Waals surface area contributed by atoms with E-state index in [0.717, 1.165) is 5.56 Å². The van der Waals surface area contributed by atoms with Crippen molar-refractivity contribution in [3.05, 3.63) is 47.7 Å². The summed E-state index contributed by atoms with van der Waals surface area (Å²) in [5.74, 6) is -0.443. The van der Waals surface area contributed by atoms with Gasteiger partial charge >= 0.3 is 0 Å². The molecule has 106 valence electrons. The van der Waals surface area contributed by atoms with Gasteiger partial charge in [-0.25, -0.2) is 0 Å². The van der Waals surface area contributed by atoms with Gasteiger partial charge in [-0.1, -0.05) is 30.3 Å². The Morgan fingerprint density at radius 2 is 2.05 bits per heavy atom. The molecule has 5 nitrogen and oxygen atoms in total. The van der Waals surface area contributed by atoms with E-state index < -0.39 is 12.0 Å². The average molecular weight is 273 g/mol. The maximum Gasteiger partial charge on any atom is 0.263 e. The number of nitrogens with zero attached hydrogens (tertiary/aromatic N) is 1. The van der Waals surface area contributed by atoms with Gasteiger partial charge < -0.3 is 15.7 Å².